The molecule has 4 nitrogen and oxygen atoms in total. The number of para-hydroxylation sites is 1. The Morgan fingerprint density at radius 3 is 2.94 bits per heavy atom. The number of hydrogen-bond acceptors (Lipinski definition) is 3. The molecule has 0 aliphatic heterocycles. The van der Waals surface area contributed by atoms with Crippen LogP contribution in [0.15, 0.2) is 30.5 Å². The standard InChI is InChI=1S/C13H17N3O/c1-3-17-12-7-5-4-6-10(12)11-8-15-13(16-11)9-14-2/h4-8,14H,3,9H2,1-2H3,(H,15,16). The van der Waals surface area contributed by atoms with Crippen molar-refractivity contribution in [1.29, 1.82) is 0 Å². The van der Waals surface area contributed by atoms with Gasteiger partial charge in [-0.1, -0.05) is 12.1 Å². The van der Waals surface area contributed by atoms with Gasteiger partial charge in [0.1, 0.15) is 11.6 Å². The molecule has 1 aromatic carbocycles. The minimum Gasteiger partial charge on any atom is -0.493 e. The Morgan fingerprint density at radius 1 is 1.35 bits per heavy atom. The summed E-state index contributed by atoms with van der Waals surface area (Å²) in [5.41, 5.74) is 2.03. The summed E-state index contributed by atoms with van der Waals surface area (Å²) in [4.78, 5) is 7.59. The second-order valence-corrected chi connectivity index (χ2v) is 3.70. The van der Waals surface area contributed by atoms with Crippen molar-refractivity contribution in [3.63, 3.8) is 0 Å². The number of rotatable bonds is 5. The fourth-order valence-corrected chi connectivity index (χ4v) is 1.73. The van der Waals surface area contributed by atoms with Gasteiger partial charge < -0.3 is 15.0 Å². The number of hydrogen-bond donors (Lipinski definition) is 2. The molecule has 0 aliphatic carbocycles. The van der Waals surface area contributed by atoms with E-state index in [2.05, 4.69) is 15.3 Å². The van der Waals surface area contributed by atoms with Crippen LogP contribution in [0.2, 0.25) is 0 Å². The van der Waals surface area contributed by atoms with Crippen molar-refractivity contribution < 1.29 is 4.74 Å². The molecule has 2 aromatic rings. The molecule has 0 saturated heterocycles. The van der Waals surface area contributed by atoms with E-state index in [9.17, 15) is 0 Å². The maximum absolute atomic E-state index is 5.60. The van der Waals surface area contributed by atoms with Crippen molar-refractivity contribution in [1.82, 2.24) is 15.3 Å². The minimum atomic E-state index is 0.661. The van der Waals surface area contributed by atoms with Gasteiger partial charge in [-0.3, -0.25) is 0 Å². The summed E-state index contributed by atoms with van der Waals surface area (Å²) in [6.07, 6.45) is 1.84. The lowest BCUT2D eigenvalue weighted by molar-refractivity contribution is 0.341. The summed E-state index contributed by atoms with van der Waals surface area (Å²) in [6, 6.07) is 7.97. The smallest absolute Gasteiger partial charge is 0.128 e. The third-order valence-electron chi connectivity index (χ3n) is 2.45. The van der Waals surface area contributed by atoms with Gasteiger partial charge >= 0.3 is 0 Å². The fourth-order valence-electron chi connectivity index (χ4n) is 1.73. The Bertz CT molecular complexity index is 479. The van der Waals surface area contributed by atoms with Crippen LogP contribution < -0.4 is 10.1 Å². The zero-order valence-electron chi connectivity index (χ0n) is 10.2. The zero-order valence-corrected chi connectivity index (χ0v) is 10.2. The molecule has 0 amide bonds. The van der Waals surface area contributed by atoms with E-state index in [0.717, 1.165) is 29.4 Å². The first-order valence-corrected chi connectivity index (χ1v) is 5.75. The van der Waals surface area contributed by atoms with Gasteiger partial charge in [0.2, 0.25) is 0 Å². The first-order valence-electron chi connectivity index (χ1n) is 5.75. The highest BCUT2D eigenvalue weighted by atomic mass is 16.5. The minimum absolute atomic E-state index is 0.661. The first kappa shape index (κ1) is 11.7. The third-order valence-corrected chi connectivity index (χ3v) is 2.45. The zero-order chi connectivity index (χ0) is 12.1. The molecule has 1 heterocycles. The predicted molar refractivity (Wildman–Crippen MR) is 68.0 cm³/mol. The van der Waals surface area contributed by atoms with Crippen LogP contribution in [0.1, 0.15) is 12.7 Å². The molecule has 0 fully saturated rings. The number of H-pyrrole nitrogens is 1. The number of aromatic amines is 1. The van der Waals surface area contributed by atoms with E-state index in [1.165, 1.54) is 0 Å². The van der Waals surface area contributed by atoms with Crippen LogP contribution in [-0.4, -0.2) is 23.6 Å². The van der Waals surface area contributed by atoms with Gasteiger partial charge in [-0.2, -0.15) is 0 Å². The van der Waals surface area contributed by atoms with Crippen LogP contribution >= 0.6 is 0 Å². The quantitative estimate of drug-likeness (QED) is 0.829. The lowest BCUT2D eigenvalue weighted by Crippen LogP contribution is -2.06. The summed E-state index contributed by atoms with van der Waals surface area (Å²) < 4.78 is 5.60. The number of imidazole rings is 1. The van der Waals surface area contributed by atoms with E-state index in [0.29, 0.717) is 6.61 Å². The number of ether oxygens (including phenoxy) is 1. The molecule has 2 N–H and O–H groups in total. The summed E-state index contributed by atoms with van der Waals surface area (Å²) in [7, 11) is 1.90. The molecular formula is C13H17N3O. The highest BCUT2D eigenvalue weighted by molar-refractivity contribution is 5.66. The normalized spacial score (nSPS) is 10.5. The lowest BCUT2D eigenvalue weighted by atomic mass is 10.1. The average Bonchev–Trinajstić information content (AvgIpc) is 2.79. The van der Waals surface area contributed by atoms with Crippen LogP contribution in [0, 0.1) is 0 Å². The van der Waals surface area contributed by atoms with Crippen molar-refractivity contribution in [2.24, 2.45) is 0 Å². The molecule has 1 aromatic heterocycles. The second-order valence-electron chi connectivity index (χ2n) is 3.70. The molecule has 0 aliphatic rings. The number of aromatic nitrogens is 2. The van der Waals surface area contributed by atoms with Crippen LogP contribution in [0.25, 0.3) is 11.3 Å². The molecule has 0 radical (unpaired) electrons. The molecular weight excluding hydrogens is 214 g/mol. The monoisotopic (exact) mass is 231 g/mol. The van der Waals surface area contributed by atoms with E-state index in [1.807, 2.05) is 44.4 Å². The topological polar surface area (TPSA) is 49.9 Å². The lowest BCUT2D eigenvalue weighted by Gasteiger charge is -2.07. The Kier molecular flexibility index (Phi) is 3.77. The van der Waals surface area contributed by atoms with Crippen molar-refractivity contribution >= 4 is 0 Å². The Labute approximate surface area is 101 Å². The van der Waals surface area contributed by atoms with Crippen LogP contribution in [0.4, 0.5) is 0 Å². The highest BCUT2D eigenvalue weighted by Crippen LogP contribution is 2.28. The summed E-state index contributed by atoms with van der Waals surface area (Å²) >= 11 is 0. The Morgan fingerprint density at radius 2 is 2.18 bits per heavy atom. The van der Waals surface area contributed by atoms with Crippen LogP contribution in [0.5, 0.6) is 5.75 Å². The number of nitrogens with zero attached hydrogens (tertiary/aromatic N) is 1. The molecule has 0 saturated carbocycles. The average molecular weight is 231 g/mol. The number of nitrogens with one attached hydrogen (secondary N) is 2. The molecule has 0 atom stereocenters. The Hall–Kier alpha value is -1.81. The van der Waals surface area contributed by atoms with E-state index < -0.39 is 0 Å². The summed E-state index contributed by atoms with van der Waals surface area (Å²) in [6.45, 7) is 3.38. The first-order chi connectivity index (χ1) is 8.35. The van der Waals surface area contributed by atoms with Crippen molar-refractivity contribution in [3.05, 3.63) is 36.3 Å². The van der Waals surface area contributed by atoms with Gasteiger partial charge in [0.25, 0.3) is 0 Å². The molecule has 0 spiro atoms. The van der Waals surface area contributed by atoms with Gasteiger partial charge in [0.15, 0.2) is 0 Å². The van der Waals surface area contributed by atoms with Gasteiger partial charge in [0, 0.05) is 5.56 Å². The maximum atomic E-state index is 5.60. The largest absolute Gasteiger partial charge is 0.493 e. The van der Waals surface area contributed by atoms with Gasteiger partial charge in [-0.25, -0.2) is 4.98 Å². The van der Waals surface area contributed by atoms with Crippen molar-refractivity contribution in [3.8, 4) is 17.0 Å². The van der Waals surface area contributed by atoms with E-state index in [1.54, 1.807) is 0 Å². The fraction of sp³-hybridized carbons (Fsp3) is 0.308. The van der Waals surface area contributed by atoms with Gasteiger partial charge in [-0.05, 0) is 26.1 Å². The number of benzene rings is 1. The van der Waals surface area contributed by atoms with Crippen LogP contribution in [-0.2, 0) is 6.54 Å². The SMILES string of the molecule is CCOc1ccccc1-c1cnc(CNC)[nH]1. The molecule has 17 heavy (non-hydrogen) atoms. The Balaban J connectivity index is 2.31. The molecule has 0 bridgehead atoms. The molecule has 4 heteroatoms. The van der Waals surface area contributed by atoms with E-state index in [4.69, 9.17) is 4.74 Å². The van der Waals surface area contributed by atoms with Gasteiger partial charge in [0.05, 0.1) is 25.0 Å². The second kappa shape index (κ2) is 5.50. The predicted octanol–water partition coefficient (Wildman–Crippen LogP) is 2.19. The summed E-state index contributed by atoms with van der Waals surface area (Å²) in [5.74, 6) is 1.81. The van der Waals surface area contributed by atoms with E-state index >= 15 is 0 Å². The highest BCUT2D eigenvalue weighted by Gasteiger charge is 2.08. The van der Waals surface area contributed by atoms with Crippen molar-refractivity contribution in [2.45, 2.75) is 13.5 Å². The maximum Gasteiger partial charge on any atom is 0.128 e. The summed E-state index contributed by atoms with van der Waals surface area (Å²) in [5, 5.41) is 3.06. The molecule has 0 unspecified atom stereocenters. The molecule has 2 rings (SSSR count). The van der Waals surface area contributed by atoms with E-state index in [-0.39, 0.29) is 0 Å². The third kappa shape index (κ3) is 2.65. The van der Waals surface area contributed by atoms with Crippen molar-refractivity contribution in [2.75, 3.05) is 13.7 Å². The van der Waals surface area contributed by atoms with Gasteiger partial charge in [-0.15, -0.1) is 0 Å². The molecule has 90 valence electrons. The van der Waals surface area contributed by atoms with Crippen LogP contribution in [0.3, 0.4) is 0 Å².